The number of hydrogen-bond donors (Lipinski definition) is 0. The number of ether oxygens (including phenoxy) is 4. The highest BCUT2D eigenvalue weighted by Gasteiger charge is 2.17. The molecule has 0 aliphatic heterocycles. The second kappa shape index (κ2) is 32.2. The Morgan fingerprint density at radius 1 is 0.542 bits per heavy atom. The predicted molar refractivity (Wildman–Crippen MR) is 198 cm³/mol. The first kappa shape index (κ1) is 46.0. The maximum absolute atomic E-state index is 12.3. The first-order valence-corrected chi connectivity index (χ1v) is 19.4. The maximum Gasteiger partial charge on any atom is 0.371 e. The molecule has 0 saturated heterocycles. The van der Waals surface area contributed by atoms with E-state index in [9.17, 15) is 19.2 Å². The van der Waals surface area contributed by atoms with Crippen molar-refractivity contribution in [2.24, 2.45) is 0 Å². The molecule has 278 valence electrons. The van der Waals surface area contributed by atoms with Crippen molar-refractivity contribution in [1.29, 1.82) is 0 Å². The highest BCUT2D eigenvalue weighted by molar-refractivity contribution is 8.16. The predicted octanol–water partition coefficient (Wildman–Crippen LogP) is 9.68. The number of carbonyl (C=O) groups excluding carboxylic acids is 4. The van der Waals surface area contributed by atoms with Crippen molar-refractivity contribution in [2.45, 2.75) is 130 Å². The summed E-state index contributed by atoms with van der Waals surface area (Å²) in [6.07, 6.45) is 17.3. The summed E-state index contributed by atoms with van der Waals surface area (Å²) in [5, 5.41) is -0.676. The zero-order valence-corrected chi connectivity index (χ0v) is 32.3. The molecule has 0 bridgehead atoms. The molecule has 0 aromatic carbocycles. The fourth-order valence-corrected chi connectivity index (χ4v) is 6.35. The summed E-state index contributed by atoms with van der Waals surface area (Å²) in [5.41, 5.74) is 1.57. The number of thioether (sulfide) groups is 2. The van der Waals surface area contributed by atoms with E-state index in [2.05, 4.69) is 0 Å². The van der Waals surface area contributed by atoms with E-state index >= 15 is 0 Å². The molecule has 0 heterocycles. The molecule has 2 amide bonds. The van der Waals surface area contributed by atoms with Crippen LogP contribution in [0.4, 0.5) is 9.59 Å². The van der Waals surface area contributed by atoms with Crippen molar-refractivity contribution in [3.8, 4) is 0 Å². The summed E-state index contributed by atoms with van der Waals surface area (Å²) in [4.78, 5) is 53.3. The van der Waals surface area contributed by atoms with E-state index in [4.69, 9.17) is 18.9 Å². The lowest BCUT2D eigenvalue weighted by Gasteiger charge is -2.21. The zero-order chi connectivity index (χ0) is 35.8. The molecule has 0 aromatic rings. The van der Waals surface area contributed by atoms with Crippen LogP contribution in [0.2, 0.25) is 0 Å². The van der Waals surface area contributed by atoms with E-state index in [1.54, 1.807) is 24.0 Å². The number of methoxy groups -OCH3 is 2. The van der Waals surface area contributed by atoms with Crippen LogP contribution in [-0.4, -0.2) is 87.0 Å². The van der Waals surface area contributed by atoms with Gasteiger partial charge in [0.15, 0.2) is 0 Å². The summed E-state index contributed by atoms with van der Waals surface area (Å²) in [6, 6.07) is 0. The molecule has 0 aromatic heterocycles. The second-order valence-electron chi connectivity index (χ2n) is 11.7. The van der Waals surface area contributed by atoms with Crippen LogP contribution in [0.15, 0.2) is 21.2 Å². The van der Waals surface area contributed by atoms with Gasteiger partial charge in [-0.1, -0.05) is 78.1 Å². The van der Waals surface area contributed by atoms with Crippen molar-refractivity contribution in [3.63, 3.8) is 0 Å². The Morgan fingerprint density at radius 3 is 1.17 bits per heavy atom. The first-order valence-electron chi connectivity index (χ1n) is 17.8. The monoisotopic (exact) mass is 716 g/mol. The molecular formula is C36H64N2O8S2. The fraction of sp³-hybridized carbons (Fsp3) is 0.778. The summed E-state index contributed by atoms with van der Waals surface area (Å²) >= 11 is 2.11. The zero-order valence-electron chi connectivity index (χ0n) is 30.7. The Balaban J connectivity index is 4.44. The van der Waals surface area contributed by atoms with Crippen LogP contribution in [0, 0.1) is 0 Å². The molecule has 0 aliphatic rings. The lowest BCUT2D eigenvalue weighted by atomic mass is 10.1. The third-order valence-corrected chi connectivity index (χ3v) is 9.95. The summed E-state index contributed by atoms with van der Waals surface area (Å²) in [6.45, 7) is 10.9. The highest BCUT2D eigenvalue weighted by Crippen LogP contribution is 2.28. The Kier molecular flexibility index (Phi) is 30.8. The first-order chi connectivity index (χ1) is 23.3. The van der Waals surface area contributed by atoms with Crippen LogP contribution in [0.25, 0.3) is 0 Å². The van der Waals surface area contributed by atoms with Crippen LogP contribution < -0.4 is 0 Å². The van der Waals surface area contributed by atoms with Gasteiger partial charge in [0.05, 0.1) is 26.4 Å². The molecule has 0 spiro atoms. The smallest absolute Gasteiger partial charge is 0.371 e. The minimum atomic E-state index is -0.338. The lowest BCUT2D eigenvalue weighted by Crippen LogP contribution is -2.22. The second-order valence-corrected chi connectivity index (χ2v) is 13.8. The standard InChI is InChI=1S/C36H64N2O8S2/c1-7-9-25-45-35(41)47-33(21-27-43-5)31(3)37(29-39)23-19-17-15-13-11-12-14-16-18-20-24-38(30-40)32(4)34(22-28-44-6)48-36(42)46-26-10-8-2/h29-30H,7-28H2,1-6H3/b33-31-,34-32-. The molecule has 12 heteroatoms. The molecule has 0 rings (SSSR count). The molecule has 0 aliphatic carbocycles. The summed E-state index contributed by atoms with van der Waals surface area (Å²) in [5.74, 6) is 0. The van der Waals surface area contributed by atoms with E-state index in [0.29, 0.717) is 52.4 Å². The van der Waals surface area contributed by atoms with Crippen molar-refractivity contribution < 1.29 is 38.1 Å². The Hall–Kier alpha value is -2.02. The SMILES string of the molecule is CCCCOC(=O)S/C(CCOC)=C(/C)N(C=O)CCCCCCCCCCCCN(C=O)/C(C)=C(/CCOC)SC(=O)OCCCC. The molecule has 0 radical (unpaired) electrons. The molecular weight excluding hydrogens is 653 g/mol. The van der Waals surface area contributed by atoms with E-state index in [1.165, 1.54) is 25.7 Å². The van der Waals surface area contributed by atoms with Gasteiger partial charge in [0.1, 0.15) is 0 Å². The van der Waals surface area contributed by atoms with E-state index in [0.717, 1.165) is 122 Å². The Morgan fingerprint density at radius 2 is 0.875 bits per heavy atom. The van der Waals surface area contributed by atoms with Crippen molar-refractivity contribution >= 4 is 46.9 Å². The van der Waals surface area contributed by atoms with Gasteiger partial charge in [-0.05, 0) is 63.1 Å². The van der Waals surface area contributed by atoms with Crippen LogP contribution in [0.1, 0.15) is 130 Å². The van der Waals surface area contributed by atoms with Crippen LogP contribution in [-0.2, 0) is 28.5 Å². The molecule has 0 unspecified atom stereocenters. The normalized spacial score (nSPS) is 12.2. The van der Waals surface area contributed by atoms with Gasteiger partial charge in [-0.25, -0.2) is 9.59 Å². The average molecular weight is 717 g/mol. The number of carbonyl (C=O) groups is 4. The lowest BCUT2D eigenvalue weighted by molar-refractivity contribution is -0.117. The third-order valence-electron chi connectivity index (χ3n) is 7.89. The quantitative estimate of drug-likeness (QED) is 0.0391. The van der Waals surface area contributed by atoms with Crippen LogP contribution >= 0.6 is 23.5 Å². The largest absolute Gasteiger partial charge is 0.457 e. The van der Waals surface area contributed by atoms with E-state index in [1.807, 2.05) is 27.7 Å². The molecule has 48 heavy (non-hydrogen) atoms. The molecule has 0 saturated carbocycles. The molecule has 0 atom stereocenters. The summed E-state index contributed by atoms with van der Waals surface area (Å²) < 4.78 is 21.0. The Labute approximate surface area is 299 Å². The topological polar surface area (TPSA) is 112 Å². The highest BCUT2D eigenvalue weighted by atomic mass is 32.2. The van der Waals surface area contributed by atoms with Gasteiger partial charge in [0, 0.05) is 61.4 Å². The molecule has 0 N–H and O–H groups in total. The Bertz CT molecular complexity index is 871. The number of allylic oxidation sites excluding steroid dienone is 2. The summed E-state index contributed by atoms with van der Waals surface area (Å²) in [7, 11) is 3.24. The van der Waals surface area contributed by atoms with Crippen LogP contribution in [0.5, 0.6) is 0 Å². The van der Waals surface area contributed by atoms with E-state index < -0.39 is 0 Å². The number of rotatable bonds is 31. The number of unbranched alkanes of at least 4 members (excludes halogenated alkanes) is 11. The van der Waals surface area contributed by atoms with Gasteiger partial charge in [-0.3, -0.25) is 9.59 Å². The molecule has 10 nitrogen and oxygen atoms in total. The van der Waals surface area contributed by atoms with Gasteiger partial charge in [0.2, 0.25) is 12.8 Å². The minimum absolute atomic E-state index is 0.338. The fourth-order valence-electron chi connectivity index (χ4n) is 4.76. The number of nitrogens with zero attached hydrogens (tertiary/aromatic N) is 2. The van der Waals surface area contributed by atoms with Gasteiger partial charge < -0.3 is 28.7 Å². The van der Waals surface area contributed by atoms with Crippen molar-refractivity contribution in [3.05, 3.63) is 21.2 Å². The number of amides is 2. The number of hydrogen-bond acceptors (Lipinski definition) is 10. The third kappa shape index (κ3) is 23.4. The van der Waals surface area contributed by atoms with Crippen molar-refractivity contribution in [1.82, 2.24) is 9.80 Å². The average Bonchev–Trinajstić information content (AvgIpc) is 3.08. The van der Waals surface area contributed by atoms with Gasteiger partial charge in [-0.15, -0.1) is 0 Å². The van der Waals surface area contributed by atoms with Crippen LogP contribution in [0.3, 0.4) is 0 Å². The van der Waals surface area contributed by atoms with E-state index in [-0.39, 0.29) is 10.6 Å². The molecule has 0 fully saturated rings. The van der Waals surface area contributed by atoms with Gasteiger partial charge in [0.25, 0.3) is 0 Å². The van der Waals surface area contributed by atoms with Gasteiger partial charge in [-0.2, -0.15) is 0 Å². The minimum Gasteiger partial charge on any atom is -0.457 e. The maximum atomic E-state index is 12.3. The van der Waals surface area contributed by atoms with Crippen molar-refractivity contribution in [2.75, 3.05) is 53.7 Å². The van der Waals surface area contributed by atoms with Gasteiger partial charge >= 0.3 is 10.6 Å².